The van der Waals surface area contributed by atoms with Crippen LogP contribution in [0.25, 0.3) is 0 Å². The van der Waals surface area contributed by atoms with Crippen LogP contribution >= 0.6 is 0 Å². The molecule has 0 aromatic heterocycles. The molecule has 1 N–H and O–H groups in total. The van der Waals surface area contributed by atoms with Gasteiger partial charge in [0, 0.05) is 17.8 Å². The molecule has 0 saturated heterocycles. The summed E-state index contributed by atoms with van der Waals surface area (Å²) in [6, 6.07) is 17.7. The third-order valence-corrected chi connectivity index (χ3v) is 6.88. The van der Waals surface area contributed by atoms with Gasteiger partial charge in [-0.1, -0.05) is 42.0 Å². The molecular formula is C24H25FN2O3S. The van der Waals surface area contributed by atoms with Gasteiger partial charge in [-0.15, -0.1) is 0 Å². The van der Waals surface area contributed by atoms with Gasteiger partial charge in [0.25, 0.3) is 0 Å². The summed E-state index contributed by atoms with van der Waals surface area (Å²) in [5.74, 6) is -1.03. The molecule has 162 valence electrons. The van der Waals surface area contributed by atoms with E-state index in [1.54, 1.807) is 24.3 Å². The van der Waals surface area contributed by atoms with Crippen LogP contribution in [0, 0.1) is 26.6 Å². The van der Waals surface area contributed by atoms with Crippen molar-refractivity contribution in [2.75, 3.05) is 11.9 Å². The van der Waals surface area contributed by atoms with Gasteiger partial charge in [-0.2, -0.15) is 4.31 Å². The molecule has 0 unspecified atom stereocenters. The fourth-order valence-corrected chi connectivity index (χ4v) is 4.46. The lowest BCUT2D eigenvalue weighted by Gasteiger charge is -2.22. The topological polar surface area (TPSA) is 66.5 Å². The second kappa shape index (κ2) is 9.41. The molecule has 0 bridgehead atoms. The van der Waals surface area contributed by atoms with E-state index in [-0.39, 0.29) is 17.0 Å². The van der Waals surface area contributed by atoms with E-state index in [4.69, 9.17) is 0 Å². The Balaban J connectivity index is 1.89. The number of carbonyl (C=O) groups is 1. The van der Waals surface area contributed by atoms with Gasteiger partial charge in [0.1, 0.15) is 5.82 Å². The van der Waals surface area contributed by atoms with Crippen molar-refractivity contribution in [1.82, 2.24) is 4.31 Å². The van der Waals surface area contributed by atoms with Crippen LogP contribution in [0.15, 0.2) is 71.6 Å². The Morgan fingerprint density at radius 1 is 0.935 bits per heavy atom. The summed E-state index contributed by atoms with van der Waals surface area (Å²) in [5.41, 5.74) is 3.77. The number of anilines is 1. The molecule has 0 fully saturated rings. The van der Waals surface area contributed by atoms with Crippen molar-refractivity contribution >= 4 is 21.6 Å². The minimum atomic E-state index is -4.03. The van der Waals surface area contributed by atoms with Crippen molar-refractivity contribution in [2.24, 2.45) is 0 Å². The molecule has 1 amide bonds. The van der Waals surface area contributed by atoms with Crippen molar-refractivity contribution in [3.8, 4) is 0 Å². The predicted octanol–water partition coefficient (Wildman–Crippen LogP) is 4.58. The zero-order valence-electron chi connectivity index (χ0n) is 17.7. The quantitative estimate of drug-likeness (QED) is 0.585. The van der Waals surface area contributed by atoms with Crippen LogP contribution in [-0.4, -0.2) is 25.2 Å². The average Bonchev–Trinajstić information content (AvgIpc) is 2.72. The molecule has 0 spiro atoms. The summed E-state index contributed by atoms with van der Waals surface area (Å²) in [6.07, 6.45) is 0. The van der Waals surface area contributed by atoms with Crippen LogP contribution in [0.5, 0.6) is 0 Å². The maximum absolute atomic E-state index is 14.2. The molecule has 0 radical (unpaired) electrons. The van der Waals surface area contributed by atoms with E-state index in [1.165, 1.54) is 30.3 Å². The Labute approximate surface area is 182 Å². The van der Waals surface area contributed by atoms with E-state index in [0.29, 0.717) is 5.69 Å². The second-order valence-electron chi connectivity index (χ2n) is 7.52. The molecule has 3 aromatic carbocycles. The number of aryl methyl sites for hydroxylation is 3. The minimum Gasteiger partial charge on any atom is -0.325 e. The molecule has 0 aliphatic heterocycles. The van der Waals surface area contributed by atoms with Gasteiger partial charge in [0.15, 0.2) is 0 Å². The molecule has 5 nitrogen and oxygen atoms in total. The molecule has 31 heavy (non-hydrogen) atoms. The van der Waals surface area contributed by atoms with E-state index < -0.39 is 28.3 Å². The Hall–Kier alpha value is -3.03. The second-order valence-corrected chi connectivity index (χ2v) is 9.46. The standard InChI is InChI=1S/C24H25FN2O3S/c1-17-8-12-22(13-9-17)31(29,30)27(15-20-6-4-5-7-23(20)25)16-24(28)26-21-11-10-18(2)19(3)14-21/h4-14H,15-16H2,1-3H3,(H,26,28). The van der Waals surface area contributed by atoms with E-state index >= 15 is 0 Å². The first-order valence-electron chi connectivity index (χ1n) is 9.84. The van der Waals surface area contributed by atoms with Gasteiger partial charge < -0.3 is 5.32 Å². The van der Waals surface area contributed by atoms with Crippen LogP contribution in [0.1, 0.15) is 22.3 Å². The van der Waals surface area contributed by atoms with E-state index in [9.17, 15) is 17.6 Å². The lowest BCUT2D eigenvalue weighted by Crippen LogP contribution is -2.37. The number of rotatable bonds is 7. The summed E-state index contributed by atoms with van der Waals surface area (Å²) >= 11 is 0. The Bertz CT molecular complexity index is 1190. The fraction of sp³-hybridized carbons (Fsp3) is 0.208. The van der Waals surface area contributed by atoms with Gasteiger partial charge in [-0.05, 0) is 62.2 Å². The third kappa shape index (κ3) is 5.57. The third-order valence-electron chi connectivity index (χ3n) is 5.07. The van der Waals surface area contributed by atoms with Crippen molar-refractivity contribution in [3.63, 3.8) is 0 Å². The van der Waals surface area contributed by atoms with Crippen LogP contribution in [-0.2, 0) is 21.4 Å². The molecule has 0 saturated carbocycles. The number of carbonyl (C=O) groups excluding carboxylic acids is 1. The van der Waals surface area contributed by atoms with Crippen molar-refractivity contribution in [3.05, 3.63) is 94.8 Å². The van der Waals surface area contributed by atoms with Crippen LogP contribution < -0.4 is 5.32 Å². The molecule has 3 rings (SSSR count). The fourth-order valence-electron chi connectivity index (χ4n) is 3.08. The monoisotopic (exact) mass is 440 g/mol. The van der Waals surface area contributed by atoms with E-state index in [1.807, 2.05) is 32.9 Å². The zero-order chi connectivity index (χ0) is 22.6. The highest BCUT2D eigenvalue weighted by Crippen LogP contribution is 2.21. The van der Waals surface area contributed by atoms with Gasteiger partial charge in [0.2, 0.25) is 15.9 Å². The number of halogens is 1. The highest BCUT2D eigenvalue weighted by atomic mass is 32.2. The Morgan fingerprint density at radius 2 is 1.61 bits per heavy atom. The lowest BCUT2D eigenvalue weighted by atomic mass is 10.1. The zero-order valence-corrected chi connectivity index (χ0v) is 18.5. The smallest absolute Gasteiger partial charge is 0.243 e. The van der Waals surface area contributed by atoms with Gasteiger partial charge >= 0.3 is 0 Å². The maximum atomic E-state index is 14.2. The first-order valence-corrected chi connectivity index (χ1v) is 11.3. The largest absolute Gasteiger partial charge is 0.325 e. The summed E-state index contributed by atoms with van der Waals surface area (Å²) < 4.78 is 41.8. The summed E-state index contributed by atoms with van der Waals surface area (Å²) in [5, 5.41) is 2.73. The number of benzene rings is 3. The van der Waals surface area contributed by atoms with E-state index in [2.05, 4.69) is 5.32 Å². The minimum absolute atomic E-state index is 0.0495. The highest BCUT2D eigenvalue weighted by Gasteiger charge is 2.27. The molecule has 0 aliphatic rings. The number of hydrogen-bond acceptors (Lipinski definition) is 3. The van der Waals surface area contributed by atoms with Crippen LogP contribution in [0.4, 0.5) is 10.1 Å². The Morgan fingerprint density at radius 3 is 2.26 bits per heavy atom. The lowest BCUT2D eigenvalue weighted by molar-refractivity contribution is -0.116. The maximum Gasteiger partial charge on any atom is 0.243 e. The van der Waals surface area contributed by atoms with Crippen molar-refractivity contribution < 1.29 is 17.6 Å². The van der Waals surface area contributed by atoms with Crippen LogP contribution in [0.3, 0.4) is 0 Å². The SMILES string of the molecule is Cc1ccc(S(=O)(=O)N(CC(=O)Nc2ccc(C)c(C)c2)Cc2ccccc2F)cc1. The molecule has 0 atom stereocenters. The molecule has 3 aromatic rings. The predicted molar refractivity (Wildman–Crippen MR) is 120 cm³/mol. The number of nitrogens with one attached hydrogen (secondary N) is 1. The van der Waals surface area contributed by atoms with Crippen molar-refractivity contribution in [2.45, 2.75) is 32.2 Å². The molecule has 0 aliphatic carbocycles. The van der Waals surface area contributed by atoms with E-state index in [0.717, 1.165) is 21.0 Å². The number of sulfonamides is 1. The summed E-state index contributed by atoms with van der Waals surface area (Å²) in [4.78, 5) is 12.8. The van der Waals surface area contributed by atoms with Gasteiger partial charge in [-0.25, -0.2) is 12.8 Å². The number of hydrogen-bond donors (Lipinski definition) is 1. The summed E-state index contributed by atoms with van der Waals surface area (Å²) in [6.45, 7) is 5.04. The number of amides is 1. The van der Waals surface area contributed by atoms with Crippen LogP contribution in [0.2, 0.25) is 0 Å². The first-order chi connectivity index (χ1) is 14.7. The average molecular weight is 441 g/mol. The molecule has 0 heterocycles. The van der Waals surface area contributed by atoms with Gasteiger partial charge in [-0.3, -0.25) is 4.79 Å². The van der Waals surface area contributed by atoms with Crippen molar-refractivity contribution in [1.29, 1.82) is 0 Å². The molecular weight excluding hydrogens is 415 g/mol. The molecule has 7 heteroatoms. The van der Waals surface area contributed by atoms with Gasteiger partial charge in [0.05, 0.1) is 11.4 Å². The summed E-state index contributed by atoms with van der Waals surface area (Å²) in [7, 11) is -4.03. The number of nitrogens with zero attached hydrogens (tertiary/aromatic N) is 1. The first kappa shape index (κ1) is 22.7. The highest BCUT2D eigenvalue weighted by molar-refractivity contribution is 7.89. The normalized spacial score (nSPS) is 11.5. The Kier molecular flexibility index (Phi) is 6.87.